The van der Waals surface area contributed by atoms with Gasteiger partial charge in [0.05, 0.1) is 5.56 Å². The smallest absolute Gasteiger partial charge is 0.176 e. The van der Waals surface area contributed by atoms with Crippen LogP contribution in [-0.2, 0) is 0 Å². The van der Waals surface area contributed by atoms with E-state index in [-0.39, 0.29) is 0 Å². The number of anilines is 1. The minimum atomic E-state index is 0.392. The van der Waals surface area contributed by atoms with Crippen LogP contribution in [0.15, 0.2) is 47.0 Å². The molecule has 0 spiro atoms. The number of aromatic nitrogens is 1. The number of nitrogens with two attached hydrogens (primary N) is 1. The van der Waals surface area contributed by atoms with E-state index in [4.69, 9.17) is 21.9 Å². The highest BCUT2D eigenvalue weighted by Gasteiger charge is 2.18. The quantitative estimate of drug-likeness (QED) is 0.735. The molecule has 0 atom stereocenters. The molecule has 0 unspecified atom stereocenters. The standard InChI is InChI=1S/C17H15ClN2O/c1-10-4-3-5-12(8-10)15-16(21-20-17(15)19)13-6-7-14(18)11(2)9-13/h3-9H,1-2H3,(H2,19,20). The number of benzene rings is 2. The Morgan fingerprint density at radius 3 is 2.57 bits per heavy atom. The van der Waals surface area contributed by atoms with E-state index < -0.39 is 0 Å². The van der Waals surface area contributed by atoms with Crippen molar-refractivity contribution in [2.24, 2.45) is 0 Å². The molecule has 1 heterocycles. The van der Waals surface area contributed by atoms with Crippen molar-refractivity contribution in [1.82, 2.24) is 5.16 Å². The van der Waals surface area contributed by atoms with Gasteiger partial charge in [-0.2, -0.15) is 0 Å². The third-order valence-electron chi connectivity index (χ3n) is 3.45. The lowest BCUT2D eigenvalue weighted by Crippen LogP contribution is -1.89. The first-order valence-electron chi connectivity index (χ1n) is 6.65. The van der Waals surface area contributed by atoms with Gasteiger partial charge < -0.3 is 10.3 Å². The van der Waals surface area contributed by atoms with Crippen molar-refractivity contribution in [3.63, 3.8) is 0 Å². The zero-order valence-electron chi connectivity index (χ0n) is 11.9. The van der Waals surface area contributed by atoms with Crippen LogP contribution in [0.2, 0.25) is 5.02 Å². The van der Waals surface area contributed by atoms with E-state index in [2.05, 4.69) is 11.2 Å². The highest BCUT2D eigenvalue weighted by molar-refractivity contribution is 6.31. The summed E-state index contributed by atoms with van der Waals surface area (Å²) in [4.78, 5) is 0. The summed E-state index contributed by atoms with van der Waals surface area (Å²) < 4.78 is 5.45. The van der Waals surface area contributed by atoms with Crippen molar-refractivity contribution in [3.8, 4) is 22.5 Å². The molecule has 3 rings (SSSR count). The fourth-order valence-electron chi connectivity index (χ4n) is 2.36. The summed E-state index contributed by atoms with van der Waals surface area (Å²) in [5, 5.41) is 4.65. The van der Waals surface area contributed by atoms with Gasteiger partial charge in [-0.15, -0.1) is 0 Å². The highest BCUT2D eigenvalue weighted by atomic mass is 35.5. The molecule has 0 aliphatic rings. The van der Waals surface area contributed by atoms with Gasteiger partial charge in [-0.05, 0) is 43.2 Å². The van der Waals surface area contributed by atoms with Gasteiger partial charge in [0, 0.05) is 10.6 Å². The number of rotatable bonds is 2. The van der Waals surface area contributed by atoms with Crippen LogP contribution in [-0.4, -0.2) is 5.16 Å². The van der Waals surface area contributed by atoms with Gasteiger partial charge in [0.2, 0.25) is 0 Å². The van der Waals surface area contributed by atoms with Crippen molar-refractivity contribution in [2.75, 3.05) is 5.73 Å². The van der Waals surface area contributed by atoms with Gasteiger partial charge >= 0.3 is 0 Å². The van der Waals surface area contributed by atoms with Crippen molar-refractivity contribution >= 4 is 17.4 Å². The molecular formula is C17H15ClN2O. The molecule has 4 heteroatoms. The van der Waals surface area contributed by atoms with Crippen LogP contribution in [0, 0.1) is 13.8 Å². The second-order valence-electron chi connectivity index (χ2n) is 5.11. The zero-order chi connectivity index (χ0) is 15.0. The summed E-state index contributed by atoms with van der Waals surface area (Å²) in [6.07, 6.45) is 0. The monoisotopic (exact) mass is 298 g/mol. The Hall–Kier alpha value is -2.26. The summed E-state index contributed by atoms with van der Waals surface area (Å²) in [5.41, 5.74) is 10.9. The number of aryl methyl sites for hydroxylation is 2. The molecule has 0 bridgehead atoms. The van der Waals surface area contributed by atoms with E-state index in [0.717, 1.165) is 32.8 Å². The van der Waals surface area contributed by atoms with Crippen LogP contribution < -0.4 is 5.73 Å². The summed E-state index contributed by atoms with van der Waals surface area (Å²) in [6.45, 7) is 4.00. The van der Waals surface area contributed by atoms with Crippen molar-refractivity contribution < 1.29 is 4.52 Å². The van der Waals surface area contributed by atoms with Crippen molar-refractivity contribution in [3.05, 3.63) is 58.6 Å². The Labute approximate surface area is 128 Å². The molecule has 3 nitrogen and oxygen atoms in total. The van der Waals surface area contributed by atoms with E-state index >= 15 is 0 Å². The Morgan fingerprint density at radius 2 is 1.86 bits per heavy atom. The Bertz CT molecular complexity index is 808. The molecule has 0 saturated carbocycles. The molecule has 1 aromatic heterocycles. The van der Waals surface area contributed by atoms with Crippen LogP contribution in [0.3, 0.4) is 0 Å². The molecule has 0 aliphatic carbocycles. The van der Waals surface area contributed by atoms with Crippen molar-refractivity contribution in [1.29, 1.82) is 0 Å². The van der Waals surface area contributed by atoms with E-state index in [1.54, 1.807) is 0 Å². The predicted molar refractivity (Wildman–Crippen MR) is 86.3 cm³/mol. The molecule has 0 aliphatic heterocycles. The van der Waals surface area contributed by atoms with Crippen LogP contribution in [0.1, 0.15) is 11.1 Å². The van der Waals surface area contributed by atoms with Crippen LogP contribution in [0.4, 0.5) is 5.82 Å². The minimum Gasteiger partial charge on any atom is -0.380 e. The topological polar surface area (TPSA) is 52.0 Å². The average Bonchev–Trinajstić information content (AvgIpc) is 2.84. The third-order valence-corrected chi connectivity index (χ3v) is 3.87. The fraction of sp³-hybridized carbons (Fsp3) is 0.118. The van der Waals surface area contributed by atoms with Gasteiger partial charge in [0.25, 0.3) is 0 Å². The maximum atomic E-state index is 6.08. The third kappa shape index (κ3) is 2.52. The average molecular weight is 299 g/mol. The first kappa shape index (κ1) is 13.7. The van der Waals surface area contributed by atoms with E-state index in [1.165, 1.54) is 0 Å². The van der Waals surface area contributed by atoms with Gasteiger partial charge in [0.15, 0.2) is 11.6 Å². The first-order valence-corrected chi connectivity index (χ1v) is 7.03. The lowest BCUT2D eigenvalue weighted by atomic mass is 9.99. The number of hydrogen-bond acceptors (Lipinski definition) is 3. The van der Waals surface area contributed by atoms with Gasteiger partial charge in [-0.1, -0.05) is 46.6 Å². The molecule has 0 radical (unpaired) electrons. The summed E-state index contributed by atoms with van der Waals surface area (Å²) in [6, 6.07) is 13.8. The van der Waals surface area contributed by atoms with Crippen LogP contribution in [0.25, 0.3) is 22.5 Å². The Kier molecular flexibility index (Phi) is 3.43. The van der Waals surface area contributed by atoms with Crippen LogP contribution >= 0.6 is 11.6 Å². The largest absolute Gasteiger partial charge is 0.380 e. The highest BCUT2D eigenvalue weighted by Crippen LogP contribution is 2.37. The van der Waals surface area contributed by atoms with E-state index in [9.17, 15) is 0 Å². The maximum Gasteiger partial charge on any atom is 0.176 e. The second-order valence-corrected chi connectivity index (χ2v) is 5.51. The van der Waals surface area contributed by atoms with Gasteiger partial charge in [-0.3, -0.25) is 0 Å². The number of nitrogen functional groups attached to an aromatic ring is 1. The first-order chi connectivity index (χ1) is 10.1. The Balaban J connectivity index is 2.19. The zero-order valence-corrected chi connectivity index (χ0v) is 12.6. The van der Waals surface area contributed by atoms with Crippen LogP contribution in [0.5, 0.6) is 0 Å². The fourth-order valence-corrected chi connectivity index (χ4v) is 2.48. The molecule has 106 valence electrons. The lowest BCUT2D eigenvalue weighted by molar-refractivity contribution is 0.436. The number of hydrogen-bond donors (Lipinski definition) is 1. The number of halogens is 1. The number of nitrogens with zero attached hydrogens (tertiary/aromatic N) is 1. The molecule has 21 heavy (non-hydrogen) atoms. The van der Waals surface area contributed by atoms with Gasteiger partial charge in [0.1, 0.15) is 0 Å². The SMILES string of the molecule is Cc1cccc(-c2c(N)noc2-c2ccc(Cl)c(C)c2)c1. The molecule has 0 amide bonds. The summed E-state index contributed by atoms with van der Waals surface area (Å²) in [7, 11) is 0. The van der Waals surface area contributed by atoms with E-state index in [1.807, 2.05) is 50.2 Å². The van der Waals surface area contributed by atoms with Gasteiger partial charge in [-0.25, -0.2) is 0 Å². The summed E-state index contributed by atoms with van der Waals surface area (Å²) in [5.74, 6) is 1.06. The molecule has 0 saturated heterocycles. The molecule has 0 fully saturated rings. The second kappa shape index (κ2) is 5.26. The van der Waals surface area contributed by atoms with E-state index in [0.29, 0.717) is 11.6 Å². The maximum absolute atomic E-state index is 6.08. The minimum absolute atomic E-state index is 0.392. The molecule has 3 aromatic rings. The Morgan fingerprint density at radius 1 is 1.05 bits per heavy atom. The summed E-state index contributed by atoms with van der Waals surface area (Å²) >= 11 is 6.08. The molecular weight excluding hydrogens is 284 g/mol. The molecule has 2 aromatic carbocycles. The molecule has 2 N–H and O–H groups in total. The normalized spacial score (nSPS) is 10.8. The predicted octanol–water partition coefficient (Wildman–Crippen LogP) is 4.86. The van der Waals surface area contributed by atoms with Crippen molar-refractivity contribution in [2.45, 2.75) is 13.8 Å². The lowest BCUT2D eigenvalue weighted by Gasteiger charge is -2.05.